The maximum Gasteiger partial charge on any atom is 0.121 e. The lowest BCUT2D eigenvalue weighted by Crippen LogP contribution is -2.07. The highest BCUT2D eigenvalue weighted by Gasteiger charge is 2.09. The number of phenolic OH excluding ortho intramolecular Hbond substituents is 1. The number of hydrogen-bond donors (Lipinski definition) is 2. The van der Waals surface area contributed by atoms with Crippen molar-refractivity contribution in [2.45, 2.75) is 13.0 Å². The molecule has 2 aromatic rings. The topological polar surface area (TPSA) is 50.7 Å². The van der Waals surface area contributed by atoms with Crippen LogP contribution in [-0.4, -0.2) is 25.4 Å². The third-order valence-electron chi connectivity index (χ3n) is 3.18. The van der Waals surface area contributed by atoms with Crippen molar-refractivity contribution in [3.8, 4) is 11.5 Å². The first-order valence-corrected chi connectivity index (χ1v) is 6.97. The molecule has 0 amide bonds. The molecule has 0 aromatic heterocycles. The van der Waals surface area contributed by atoms with Crippen LogP contribution in [0.3, 0.4) is 0 Å². The van der Waals surface area contributed by atoms with Crippen molar-refractivity contribution in [3.63, 3.8) is 0 Å². The van der Waals surface area contributed by atoms with Crippen LogP contribution in [0.15, 0.2) is 48.5 Å². The monoisotopic (exact) mass is 287 g/mol. The standard InChI is InChI=1S/C17H21NO3/c1-13(16-8-3-4-9-17(16)19)18-14-6-5-7-15(12-14)21-11-10-20-2/h3-9,12-13,18-19H,10-11H2,1-2H3. The molecular formula is C17H21NO3. The summed E-state index contributed by atoms with van der Waals surface area (Å²) in [6.07, 6.45) is 0. The molecule has 2 rings (SSSR count). The third-order valence-corrected chi connectivity index (χ3v) is 3.18. The lowest BCUT2D eigenvalue weighted by atomic mass is 10.1. The fourth-order valence-electron chi connectivity index (χ4n) is 2.10. The Kier molecular flexibility index (Phi) is 5.46. The van der Waals surface area contributed by atoms with Gasteiger partial charge >= 0.3 is 0 Å². The number of methoxy groups -OCH3 is 1. The molecule has 0 radical (unpaired) electrons. The predicted molar refractivity (Wildman–Crippen MR) is 84.0 cm³/mol. The maximum absolute atomic E-state index is 9.88. The SMILES string of the molecule is COCCOc1cccc(NC(C)c2ccccc2O)c1. The molecule has 1 atom stereocenters. The van der Waals surface area contributed by atoms with Gasteiger partial charge in [-0.3, -0.25) is 0 Å². The molecule has 0 saturated carbocycles. The number of ether oxygens (including phenoxy) is 2. The number of aromatic hydroxyl groups is 1. The molecule has 21 heavy (non-hydrogen) atoms. The first-order chi connectivity index (χ1) is 10.2. The van der Waals surface area contributed by atoms with Gasteiger partial charge in [0, 0.05) is 24.4 Å². The minimum Gasteiger partial charge on any atom is -0.508 e. The number of benzene rings is 2. The van der Waals surface area contributed by atoms with Crippen LogP contribution in [0.2, 0.25) is 0 Å². The summed E-state index contributed by atoms with van der Waals surface area (Å²) in [5, 5.41) is 13.2. The summed E-state index contributed by atoms with van der Waals surface area (Å²) in [4.78, 5) is 0. The van der Waals surface area contributed by atoms with Crippen molar-refractivity contribution in [3.05, 3.63) is 54.1 Å². The summed E-state index contributed by atoms with van der Waals surface area (Å²) in [6, 6.07) is 15.1. The van der Waals surface area contributed by atoms with Gasteiger partial charge in [-0.05, 0) is 25.1 Å². The highest BCUT2D eigenvalue weighted by Crippen LogP contribution is 2.27. The summed E-state index contributed by atoms with van der Waals surface area (Å²) in [7, 11) is 1.65. The Morgan fingerprint density at radius 1 is 1.10 bits per heavy atom. The molecule has 0 bridgehead atoms. The zero-order valence-corrected chi connectivity index (χ0v) is 12.4. The molecule has 2 aromatic carbocycles. The van der Waals surface area contributed by atoms with Gasteiger partial charge in [0.25, 0.3) is 0 Å². The first-order valence-electron chi connectivity index (χ1n) is 6.97. The summed E-state index contributed by atoms with van der Waals surface area (Å²) in [5.74, 6) is 1.09. The van der Waals surface area contributed by atoms with E-state index >= 15 is 0 Å². The molecule has 112 valence electrons. The predicted octanol–water partition coefficient (Wildman–Crippen LogP) is 3.59. The van der Waals surface area contributed by atoms with Crippen molar-refractivity contribution in [1.82, 2.24) is 0 Å². The van der Waals surface area contributed by atoms with Crippen molar-refractivity contribution in [1.29, 1.82) is 0 Å². The van der Waals surface area contributed by atoms with Crippen molar-refractivity contribution < 1.29 is 14.6 Å². The van der Waals surface area contributed by atoms with Crippen LogP contribution < -0.4 is 10.1 Å². The zero-order valence-electron chi connectivity index (χ0n) is 12.4. The second-order valence-corrected chi connectivity index (χ2v) is 4.79. The van der Waals surface area contributed by atoms with E-state index in [0.717, 1.165) is 17.0 Å². The maximum atomic E-state index is 9.88. The van der Waals surface area contributed by atoms with Gasteiger partial charge in [-0.2, -0.15) is 0 Å². The van der Waals surface area contributed by atoms with Crippen LogP contribution in [0.4, 0.5) is 5.69 Å². The number of rotatable bonds is 7. The van der Waals surface area contributed by atoms with E-state index in [0.29, 0.717) is 19.0 Å². The summed E-state index contributed by atoms with van der Waals surface area (Å²) in [5.41, 5.74) is 1.81. The van der Waals surface area contributed by atoms with Crippen LogP contribution in [0.25, 0.3) is 0 Å². The van der Waals surface area contributed by atoms with E-state index < -0.39 is 0 Å². The normalized spacial score (nSPS) is 11.9. The Morgan fingerprint density at radius 2 is 1.90 bits per heavy atom. The lowest BCUT2D eigenvalue weighted by Gasteiger charge is -2.17. The van der Waals surface area contributed by atoms with E-state index in [4.69, 9.17) is 9.47 Å². The number of hydrogen-bond acceptors (Lipinski definition) is 4. The Hall–Kier alpha value is -2.20. The lowest BCUT2D eigenvalue weighted by molar-refractivity contribution is 0.146. The second kappa shape index (κ2) is 7.55. The van der Waals surface area contributed by atoms with Crippen molar-refractivity contribution in [2.24, 2.45) is 0 Å². The number of phenols is 1. The molecule has 0 aliphatic heterocycles. The number of nitrogens with one attached hydrogen (secondary N) is 1. The van der Waals surface area contributed by atoms with Crippen LogP contribution in [0.5, 0.6) is 11.5 Å². The van der Waals surface area contributed by atoms with E-state index in [-0.39, 0.29) is 6.04 Å². The Morgan fingerprint density at radius 3 is 2.67 bits per heavy atom. The van der Waals surface area contributed by atoms with Gasteiger partial charge in [0.15, 0.2) is 0 Å². The number of para-hydroxylation sites is 1. The zero-order chi connectivity index (χ0) is 15.1. The van der Waals surface area contributed by atoms with Gasteiger partial charge in [-0.25, -0.2) is 0 Å². The van der Waals surface area contributed by atoms with Crippen LogP contribution in [-0.2, 0) is 4.74 Å². The molecule has 4 nitrogen and oxygen atoms in total. The largest absolute Gasteiger partial charge is 0.508 e. The van der Waals surface area contributed by atoms with Crippen molar-refractivity contribution >= 4 is 5.69 Å². The first kappa shape index (κ1) is 15.2. The summed E-state index contributed by atoms with van der Waals surface area (Å²) >= 11 is 0. The van der Waals surface area contributed by atoms with Gasteiger partial charge < -0.3 is 19.9 Å². The average molecular weight is 287 g/mol. The van der Waals surface area contributed by atoms with E-state index in [2.05, 4.69) is 5.32 Å². The highest BCUT2D eigenvalue weighted by atomic mass is 16.5. The molecule has 0 saturated heterocycles. The number of anilines is 1. The minimum atomic E-state index is 0.000394. The van der Waals surface area contributed by atoms with Gasteiger partial charge in [-0.1, -0.05) is 24.3 Å². The Balaban J connectivity index is 2.02. The van der Waals surface area contributed by atoms with Crippen molar-refractivity contribution in [2.75, 3.05) is 25.6 Å². The van der Waals surface area contributed by atoms with E-state index in [1.807, 2.05) is 49.4 Å². The van der Waals surface area contributed by atoms with Gasteiger partial charge in [-0.15, -0.1) is 0 Å². The molecule has 0 aliphatic carbocycles. The second-order valence-electron chi connectivity index (χ2n) is 4.79. The summed E-state index contributed by atoms with van der Waals surface area (Å²) < 4.78 is 10.5. The van der Waals surface area contributed by atoms with E-state index in [9.17, 15) is 5.11 Å². The smallest absolute Gasteiger partial charge is 0.121 e. The Labute approximate surface area is 125 Å². The van der Waals surface area contributed by atoms with E-state index in [1.54, 1.807) is 13.2 Å². The minimum absolute atomic E-state index is 0.000394. The molecule has 0 aliphatic rings. The van der Waals surface area contributed by atoms with Crippen LogP contribution in [0, 0.1) is 0 Å². The molecule has 0 fully saturated rings. The van der Waals surface area contributed by atoms with E-state index in [1.165, 1.54) is 0 Å². The molecule has 1 unspecified atom stereocenters. The van der Waals surface area contributed by atoms with Crippen LogP contribution in [0.1, 0.15) is 18.5 Å². The fraction of sp³-hybridized carbons (Fsp3) is 0.294. The fourth-order valence-corrected chi connectivity index (χ4v) is 2.10. The van der Waals surface area contributed by atoms with Gasteiger partial charge in [0.05, 0.1) is 12.6 Å². The molecular weight excluding hydrogens is 266 g/mol. The molecule has 0 heterocycles. The Bertz CT molecular complexity index is 571. The van der Waals surface area contributed by atoms with Gasteiger partial charge in [0.1, 0.15) is 18.1 Å². The third kappa shape index (κ3) is 4.39. The summed E-state index contributed by atoms with van der Waals surface area (Å²) in [6.45, 7) is 3.09. The van der Waals surface area contributed by atoms with Crippen LogP contribution >= 0.6 is 0 Å². The molecule has 2 N–H and O–H groups in total. The molecule has 0 spiro atoms. The van der Waals surface area contributed by atoms with Gasteiger partial charge in [0.2, 0.25) is 0 Å². The average Bonchev–Trinajstić information content (AvgIpc) is 2.48. The highest BCUT2D eigenvalue weighted by molar-refractivity contribution is 5.51. The quantitative estimate of drug-likeness (QED) is 0.764. The molecule has 4 heteroatoms.